The number of nitrogen functional groups attached to an aromatic ring is 1. The third-order valence-electron chi connectivity index (χ3n) is 3.24. The average molecular weight is 308 g/mol. The lowest BCUT2D eigenvalue weighted by molar-refractivity contribution is 0.412. The second kappa shape index (κ2) is 7.02. The molecule has 2 rings (SSSR count). The summed E-state index contributed by atoms with van der Waals surface area (Å²) in [5.74, 6) is 6.97. The Bertz CT molecular complexity index is 594. The van der Waals surface area contributed by atoms with E-state index in [-0.39, 0.29) is 0 Å². The quantitative estimate of drug-likeness (QED) is 0.603. The number of aromatic nitrogens is 2. The van der Waals surface area contributed by atoms with Crippen LogP contribution in [0.25, 0.3) is 10.2 Å². The van der Waals surface area contributed by atoms with Crippen molar-refractivity contribution in [2.75, 3.05) is 44.1 Å². The molecule has 0 aliphatic carbocycles. The lowest BCUT2D eigenvalue weighted by Crippen LogP contribution is -2.33. The molecule has 0 aromatic carbocycles. The smallest absolute Gasteiger partial charge is 0.240 e. The highest BCUT2D eigenvalue weighted by Gasteiger charge is 2.16. The van der Waals surface area contributed by atoms with E-state index in [1.807, 2.05) is 0 Å². The number of fused-ring (bicyclic) bond motifs is 1. The number of nitrogens with zero attached hydrogens (tertiary/aromatic N) is 4. The van der Waals surface area contributed by atoms with Crippen molar-refractivity contribution < 1.29 is 0 Å². The van der Waals surface area contributed by atoms with Crippen LogP contribution in [0.1, 0.15) is 18.2 Å². The van der Waals surface area contributed by atoms with Crippen LogP contribution in [0.15, 0.2) is 6.07 Å². The number of rotatable bonds is 7. The van der Waals surface area contributed by atoms with E-state index in [2.05, 4.69) is 59.2 Å². The van der Waals surface area contributed by atoms with Crippen LogP contribution in [0.4, 0.5) is 11.8 Å². The maximum atomic E-state index is 5.52. The van der Waals surface area contributed by atoms with Crippen molar-refractivity contribution in [3.05, 3.63) is 10.9 Å². The standard InChI is InChI=1S/C14H24N6S/c1-5-6-20(8-7-19(3)4)12-11-9-10(2)21-13(11)17-14(16-12)18-15/h9H,5-8,15H2,1-4H3,(H,16,17,18). The second-order valence-electron chi connectivity index (χ2n) is 5.38. The summed E-state index contributed by atoms with van der Waals surface area (Å²) in [6.07, 6.45) is 1.08. The lowest BCUT2D eigenvalue weighted by Gasteiger charge is -2.25. The average Bonchev–Trinajstić information content (AvgIpc) is 2.82. The molecule has 0 saturated heterocycles. The Labute approximate surface area is 129 Å². The minimum absolute atomic E-state index is 0.477. The van der Waals surface area contributed by atoms with Crippen LogP contribution in [0.2, 0.25) is 0 Å². The van der Waals surface area contributed by atoms with E-state index in [0.29, 0.717) is 5.95 Å². The van der Waals surface area contributed by atoms with Crippen molar-refractivity contribution in [1.29, 1.82) is 0 Å². The molecule has 0 fully saturated rings. The molecule has 116 valence electrons. The molecule has 2 heterocycles. The third kappa shape index (κ3) is 3.81. The maximum Gasteiger partial charge on any atom is 0.240 e. The fraction of sp³-hybridized carbons (Fsp3) is 0.571. The van der Waals surface area contributed by atoms with Gasteiger partial charge in [0.15, 0.2) is 0 Å². The number of anilines is 2. The summed E-state index contributed by atoms with van der Waals surface area (Å²) < 4.78 is 0. The van der Waals surface area contributed by atoms with Gasteiger partial charge in [-0.2, -0.15) is 4.98 Å². The van der Waals surface area contributed by atoms with Crippen molar-refractivity contribution in [3.63, 3.8) is 0 Å². The van der Waals surface area contributed by atoms with E-state index >= 15 is 0 Å². The zero-order valence-electron chi connectivity index (χ0n) is 13.2. The van der Waals surface area contributed by atoms with E-state index in [9.17, 15) is 0 Å². The van der Waals surface area contributed by atoms with Crippen LogP contribution < -0.4 is 16.2 Å². The third-order valence-corrected chi connectivity index (χ3v) is 4.18. The molecule has 0 bridgehead atoms. The highest BCUT2D eigenvalue weighted by atomic mass is 32.1. The molecule has 0 aliphatic heterocycles. The van der Waals surface area contributed by atoms with Gasteiger partial charge in [-0.15, -0.1) is 11.3 Å². The number of thiophene rings is 1. The molecular formula is C14H24N6S. The zero-order valence-corrected chi connectivity index (χ0v) is 14.0. The van der Waals surface area contributed by atoms with Crippen LogP contribution >= 0.6 is 11.3 Å². The van der Waals surface area contributed by atoms with Gasteiger partial charge >= 0.3 is 0 Å². The fourth-order valence-electron chi connectivity index (χ4n) is 2.25. The first-order valence-electron chi connectivity index (χ1n) is 7.19. The Balaban J connectivity index is 2.43. The summed E-state index contributed by atoms with van der Waals surface area (Å²) in [4.78, 5) is 15.8. The summed E-state index contributed by atoms with van der Waals surface area (Å²) in [5, 5.41) is 1.11. The van der Waals surface area contributed by atoms with Gasteiger partial charge in [0.2, 0.25) is 5.95 Å². The van der Waals surface area contributed by atoms with Gasteiger partial charge in [0.05, 0.1) is 5.39 Å². The first-order valence-corrected chi connectivity index (χ1v) is 8.01. The number of nitrogens with one attached hydrogen (secondary N) is 1. The van der Waals surface area contributed by atoms with Crippen LogP contribution in [-0.4, -0.2) is 48.6 Å². The topological polar surface area (TPSA) is 70.3 Å². The van der Waals surface area contributed by atoms with E-state index in [0.717, 1.165) is 42.1 Å². The molecule has 0 unspecified atom stereocenters. The van der Waals surface area contributed by atoms with Gasteiger partial charge in [-0.3, -0.25) is 5.43 Å². The van der Waals surface area contributed by atoms with Crippen molar-refractivity contribution >= 4 is 33.3 Å². The Hall–Kier alpha value is -1.44. The summed E-state index contributed by atoms with van der Waals surface area (Å²) in [6.45, 7) is 7.17. The van der Waals surface area contributed by atoms with E-state index < -0.39 is 0 Å². The van der Waals surface area contributed by atoms with Gasteiger partial charge in [-0.1, -0.05) is 6.92 Å². The Morgan fingerprint density at radius 3 is 2.62 bits per heavy atom. The Morgan fingerprint density at radius 2 is 2.00 bits per heavy atom. The summed E-state index contributed by atoms with van der Waals surface area (Å²) in [5.41, 5.74) is 2.58. The van der Waals surface area contributed by atoms with Crippen molar-refractivity contribution in [2.45, 2.75) is 20.3 Å². The van der Waals surface area contributed by atoms with Gasteiger partial charge in [0.1, 0.15) is 10.6 Å². The van der Waals surface area contributed by atoms with Gasteiger partial charge < -0.3 is 9.80 Å². The van der Waals surface area contributed by atoms with Crippen LogP contribution in [0.5, 0.6) is 0 Å². The number of hydrogen-bond acceptors (Lipinski definition) is 7. The number of aryl methyl sites for hydroxylation is 1. The molecule has 0 radical (unpaired) electrons. The first-order chi connectivity index (χ1) is 10.0. The zero-order chi connectivity index (χ0) is 15.4. The van der Waals surface area contributed by atoms with E-state index in [1.54, 1.807) is 11.3 Å². The SMILES string of the molecule is CCCN(CCN(C)C)c1nc(NN)nc2sc(C)cc12. The Kier molecular flexibility index (Phi) is 5.33. The summed E-state index contributed by atoms with van der Waals surface area (Å²) in [7, 11) is 4.17. The molecule has 7 heteroatoms. The highest BCUT2D eigenvalue weighted by molar-refractivity contribution is 7.18. The molecule has 0 aliphatic rings. The fourth-order valence-corrected chi connectivity index (χ4v) is 3.12. The monoisotopic (exact) mass is 308 g/mol. The molecule has 0 atom stereocenters. The molecule has 3 N–H and O–H groups in total. The van der Waals surface area contributed by atoms with Crippen molar-refractivity contribution in [1.82, 2.24) is 14.9 Å². The summed E-state index contributed by atoms with van der Waals surface area (Å²) in [6, 6.07) is 2.16. The molecule has 0 amide bonds. The van der Waals surface area contributed by atoms with Gasteiger partial charge in [0.25, 0.3) is 0 Å². The summed E-state index contributed by atoms with van der Waals surface area (Å²) >= 11 is 1.67. The van der Waals surface area contributed by atoms with Crippen LogP contribution in [0, 0.1) is 6.92 Å². The van der Waals surface area contributed by atoms with Gasteiger partial charge in [0, 0.05) is 24.5 Å². The number of nitrogens with two attached hydrogens (primary N) is 1. The molecular weight excluding hydrogens is 284 g/mol. The van der Waals surface area contributed by atoms with Gasteiger partial charge in [-0.25, -0.2) is 10.8 Å². The minimum atomic E-state index is 0.477. The van der Waals surface area contributed by atoms with Crippen molar-refractivity contribution in [2.24, 2.45) is 5.84 Å². The molecule has 21 heavy (non-hydrogen) atoms. The minimum Gasteiger partial charge on any atom is -0.355 e. The predicted molar refractivity (Wildman–Crippen MR) is 91.0 cm³/mol. The maximum absolute atomic E-state index is 5.52. The second-order valence-corrected chi connectivity index (χ2v) is 6.62. The first kappa shape index (κ1) is 15.9. The molecule has 2 aromatic heterocycles. The number of likely N-dealkylation sites (N-methyl/N-ethyl adjacent to an activating group) is 1. The van der Waals surface area contributed by atoms with Gasteiger partial charge in [-0.05, 0) is 33.5 Å². The molecule has 2 aromatic rings. The lowest BCUT2D eigenvalue weighted by atomic mass is 10.3. The van der Waals surface area contributed by atoms with E-state index in [1.165, 1.54) is 4.88 Å². The molecule has 0 spiro atoms. The molecule has 6 nitrogen and oxygen atoms in total. The van der Waals surface area contributed by atoms with Crippen LogP contribution in [0.3, 0.4) is 0 Å². The Morgan fingerprint density at radius 1 is 1.24 bits per heavy atom. The van der Waals surface area contributed by atoms with Crippen LogP contribution in [-0.2, 0) is 0 Å². The number of hydrogen-bond donors (Lipinski definition) is 2. The molecule has 0 saturated carbocycles. The number of hydrazine groups is 1. The van der Waals surface area contributed by atoms with Crippen molar-refractivity contribution in [3.8, 4) is 0 Å². The normalized spacial score (nSPS) is 11.3. The highest BCUT2D eigenvalue weighted by Crippen LogP contribution is 2.31. The predicted octanol–water partition coefficient (Wildman–Crippen LogP) is 2.06. The largest absolute Gasteiger partial charge is 0.355 e. The van der Waals surface area contributed by atoms with E-state index in [4.69, 9.17) is 5.84 Å².